The summed E-state index contributed by atoms with van der Waals surface area (Å²) in [5.41, 5.74) is 3.68. The molecule has 2 unspecified atom stereocenters. The number of para-hydroxylation sites is 2. The van der Waals surface area contributed by atoms with Crippen molar-refractivity contribution < 1.29 is 4.79 Å². The van der Waals surface area contributed by atoms with Gasteiger partial charge in [0.1, 0.15) is 0 Å². The lowest BCUT2D eigenvalue weighted by atomic mass is 9.91. The topological polar surface area (TPSA) is 74.0 Å². The number of rotatable bonds is 2. The molecule has 2 aromatic carbocycles. The number of carbonyl (C=O) groups is 1. The highest BCUT2D eigenvalue weighted by molar-refractivity contribution is 5.97. The van der Waals surface area contributed by atoms with E-state index in [2.05, 4.69) is 16.4 Å². The zero-order chi connectivity index (χ0) is 17.6. The molecule has 1 aromatic heterocycles. The minimum atomic E-state index is -0.810. The fourth-order valence-electron chi connectivity index (χ4n) is 3.34. The van der Waals surface area contributed by atoms with Gasteiger partial charge in [0.05, 0.1) is 23.1 Å². The molecule has 1 aliphatic rings. The minimum Gasteiger partial charge on any atom is -0.378 e. The molecule has 1 amide bonds. The van der Waals surface area contributed by atoms with Gasteiger partial charge >= 0.3 is 0 Å². The Kier molecular flexibility index (Phi) is 3.43. The number of nitrogens with zero attached hydrogens (tertiary/aromatic N) is 4. The Morgan fingerprint density at radius 2 is 1.88 bits per heavy atom. The van der Waals surface area contributed by atoms with Gasteiger partial charge in [-0.1, -0.05) is 24.3 Å². The van der Waals surface area contributed by atoms with Crippen LogP contribution in [0.1, 0.15) is 11.6 Å². The van der Waals surface area contributed by atoms with Crippen molar-refractivity contribution in [1.29, 1.82) is 5.26 Å². The Morgan fingerprint density at radius 1 is 1.16 bits per heavy atom. The number of nitriles is 1. The standard InChI is InChI=1S/C19H17N5O/c1-23(2)13-9-7-12(8-10-13)17-14(11-20)18(25)22-19-21-15-5-3-4-6-16(15)24(17)19/h3-10,14,17H,1-2H3,(H,21,22,25). The summed E-state index contributed by atoms with van der Waals surface area (Å²) >= 11 is 0. The first kappa shape index (κ1) is 15.2. The second-order valence-electron chi connectivity index (χ2n) is 6.32. The number of anilines is 2. The van der Waals surface area contributed by atoms with Gasteiger partial charge in [-0.05, 0) is 29.8 Å². The van der Waals surface area contributed by atoms with E-state index in [4.69, 9.17) is 0 Å². The molecule has 0 fully saturated rings. The van der Waals surface area contributed by atoms with Crippen LogP contribution in [0.3, 0.4) is 0 Å². The molecule has 1 N–H and O–H groups in total. The predicted octanol–water partition coefficient (Wildman–Crippen LogP) is 2.78. The van der Waals surface area contributed by atoms with Crippen LogP contribution in [0.15, 0.2) is 48.5 Å². The van der Waals surface area contributed by atoms with Crippen molar-refractivity contribution in [3.8, 4) is 6.07 Å². The highest BCUT2D eigenvalue weighted by atomic mass is 16.2. The Morgan fingerprint density at radius 3 is 2.56 bits per heavy atom. The van der Waals surface area contributed by atoms with Crippen LogP contribution in [-0.2, 0) is 4.79 Å². The smallest absolute Gasteiger partial charge is 0.246 e. The normalized spacial score (nSPS) is 19.2. The molecule has 0 spiro atoms. The molecule has 2 heterocycles. The molecule has 124 valence electrons. The molecule has 6 heteroatoms. The van der Waals surface area contributed by atoms with E-state index in [1.54, 1.807) is 0 Å². The van der Waals surface area contributed by atoms with E-state index in [1.807, 2.05) is 72.1 Å². The first-order valence-electron chi connectivity index (χ1n) is 8.05. The molecule has 6 nitrogen and oxygen atoms in total. The number of benzene rings is 2. The highest BCUT2D eigenvalue weighted by Gasteiger charge is 2.38. The van der Waals surface area contributed by atoms with Crippen LogP contribution in [0.2, 0.25) is 0 Å². The molecule has 1 aliphatic heterocycles. The fraction of sp³-hybridized carbons (Fsp3) is 0.211. The van der Waals surface area contributed by atoms with Gasteiger partial charge in [0.2, 0.25) is 11.9 Å². The van der Waals surface area contributed by atoms with E-state index in [0.29, 0.717) is 5.95 Å². The van der Waals surface area contributed by atoms with Crippen molar-refractivity contribution in [3.05, 3.63) is 54.1 Å². The summed E-state index contributed by atoms with van der Waals surface area (Å²) in [6, 6.07) is 17.4. The monoisotopic (exact) mass is 331 g/mol. The molecule has 4 rings (SSSR count). The molecule has 0 aliphatic carbocycles. The average molecular weight is 331 g/mol. The summed E-state index contributed by atoms with van der Waals surface area (Å²) in [5, 5.41) is 12.4. The van der Waals surface area contributed by atoms with Crippen molar-refractivity contribution in [3.63, 3.8) is 0 Å². The van der Waals surface area contributed by atoms with Gasteiger partial charge in [-0.3, -0.25) is 10.1 Å². The molecule has 0 saturated carbocycles. The number of carbonyl (C=O) groups excluding carboxylic acids is 1. The van der Waals surface area contributed by atoms with E-state index >= 15 is 0 Å². The number of fused-ring (bicyclic) bond motifs is 3. The molecule has 25 heavy (non-hydrogen) atoms. The second-order valence-corrected chi connectivity index (χ2v) is 6.32. The van der Waals surface area contributed by atoms with E-state index in [-0.39, 0.29) is 5.91 Å². The van der Waals surface area contributed by atoms with Crippen LogP contribution >= 0.6 is 0 Å². The Balaban J connectivity index is 1.93. The largest absolute Gasteiger partial charge is 0.378 e. The molecule has 2 atom stereocenters. The van der Waals surface area contributed by atoms with E-state index in [0.717, 1.165) is 22.3 Å². The SMILES string of the molecule is CN(C)c1ccc(C2C(C#N)C(=O)Nc3nc4ccccc4n32)cc1. The number of imidazole rings is 1. The summed E-state index contributed by atoms with van der Waals surface area (Å²) in [6.45, 7) is 0. The number of nitrogens with one attached hydrogen (secondary N) is 1. The number of hydrogen-bond donors (Lipinski definition) is 1. The van der Waals surface area contributed by atoms with Crippen molar-refractivity contribution in [2.24, 2.45) is 5.92 Å². The first-order chi connectivity index (χ1) is 12.1. The summed E-state index contributed by atoms with van der Waals surface area (Å²) in [4.78, 5) is 18.9. The van der Waals surface area contributed by atoms with Crippen LogP contribution in [0, 0.1) is 17.2 Å². The van der Waals surface area contributed by atoms with Crippen molar-refractivity contribution in [1.82, 2.24) is 9.55 Å². The first-order valence-corrected chi connectivity index (χ1v) is 8.05. The summed E-state index contributed by atoms with van der Waals surface area (Å²) in [5.74, 6) is -0.637. The summed E-state index contributed by atoms with van der Waals surface area (Å²) < 4.78 is 1.95. The third-order valence-electron chi connectivity index (χ3n) is 4.60. The van der Waals surface area contributed by atoms with Gasteiger partial charge in [-0.2, -0.15) is 5.26 Å². The summed E-state index contributed by atoms with van der Waals surface area (Å²) in [7, 11) is 3.95. The van der Waals surface area contributed by atoms with Crippen molar-refractivity contribution in [2.45, 2.75) is 6.04 Å². The lowest BCUT2D eigenvalue weighted by Crippen LogP contribution is -2.37. The fourth-order valence-corrected chi connectivity index (χ4v) is 3.34. The maximum Gasteiger partial charge on any atom is 0.246 e. The lowest BCUT2D eigenvalue weighted by Gasteiger charge is -2.30. The zero-order valence-electron chi connectivity index (χ0n) is 14.0. The van der Waals surface area contributed by atoms with Crippen LogP contribution in [0.4, 0.5) is 11.6 Å². The molecular formula is C19H17N5O. The van der Waals surface area contributed by atoms with Gasteiger partial charge in [0.25, 0.3) is 0 Å². The third-order valence-corrected chi connectivity index (χ3v) is 4.60. The Hall–Kier alpha value is -3.33. The molecule has 0 radical (unpaired) electrons. The van der Waals surface area contributed by atoms with E-state index < -0.39 is 12.0 Å². The highest BCUT2D eigenvalue weighted by Crippen LogP contribution is 2.38. The van der Waals surface area contributed by atoms with Gasteiger partial charge < -0.3 is 9.47 Å². The van der Waals surface area contributed by atoms with Crippen LogP contribution in [-0.4, -0.2) is 29.6 Å². The zero-order valence-corrected chi connectivity index (χ0v) is 14.0. The molecule has 0 saturated heterocycles. The van der Waals surface area contributed by atoms with Crippen LogP contribution in [0.5, 0.6) is 0 Å². The molecule has 3 aromatic rings. The molecule has 0 bridgehead atoms. The minimum absolute atomic E-state index is 0.313. The van der Waals surface area contributed by atoms with Gasteiger partial charge in [-0.25, -0.2) is 4.98 Å². The predicted molar refractivity (Wildman–Crippen MR) is 96.4 cm³/mol. The van der Waals surface area contributed by atoms with Crippen molar-refractivity contribution in [2.75, 3.05) is 24.3 Å². The van der Waals surface area contributed by atoms with E-state index in [1.165, 1.54) is 0 Å². The van der Waals surface area contributed by atoms with Crippen LogP contribution in [0.25, 0.3) is 11.0 Å². The number of hydrogen-bond acceptors (Lipinski definition) is 4. The Bertz CT molecular complexity index is 997. The van der Waals surface area contributed by atoms with Crippen molar-refractivity contribution >= 4 is 28.6 Å². The summed E-state index contributed by atoms with van der Waals surface area (Å²) in [6.07, 6.45) is 0. The van der Waals surface area contributed by atoms with Crippen LogP contribution < -0.4 is 10.2 Å². The number of amides is 1. The van der Waals surface area contributed by atoms with Gasteiger partial charge in [0.15, 0.2) is 5.92 Å². The van der Waals surface area contributed by atoms with Gasteiger partial charge in [0, 0.05) is 19.8 Å². The average Bonchev–Trinajstić information content (AvgIpc) is 2.98. The quantitative estimate of drug-likeness (QED) is 0.783. The second kappa shape index (κ2) is 5.64. The van der Waals surface area contributed by atoms with Gasteiger partial charge in [-0.15, -0.1) is 0 Å². The number of aromatic nitrogens is 2. The third kappa shape index (κ3) is 2.32. The maximum atomic E-state index is 12.4. The Labute approximate surface area is 145 Å². The maximum absolute atomic E-state index is 12.4. The lowest BCUT2D eigenvalue weighted by molar-refractivity contribution is -0.119. The molecular weight excluding hydrogens is 314 g/mol. The van der Waals surface area contributed by atoms with E-state index in [9.17, 15) is 10.1 Å².